The molecule has 0 bridgehead atoms. The summed E-state index contributed by atoms with van der Waals surface area (Å²) in [6, 6.07) is 31.2. The van der Waals surface area contributed by atoms with Gasteiger partial charge in [-0.2, -0.15) is 0 Å². The molecule has 1 fully saturated rings. The molecule has 4 amide bonds. The first-order valence-electron chi connectivity index (χ1n) is 25.0. The SMILES string of the molecule is CC/C(=C(/c1ccc(O)cc1)c1ccc(OCCN(C)C(=O)CCc2cn(CCCC(=O)N[C@H](C(=O)N3C[C@H](O)C[C@H]3C(=O)N[C@@H](C)c3ccc(-c4scnc4C)cc3)C(C)(C)C)nn2)cc1)c1ccccc1. The smallest absolute Gasteiger partial charge is 0.246 e. The third-order valence-electron chi connectivity index (χ3n) is 13.2. The molecule has 4 atom stereocenters. The van der Waals surface area contributed by atoms with Crippen molar-refractivity contribution in [1.82, 2.24) is 40.4 Å². The maximum absolute atomic E-state index is 14.2. The summed E-state index contributed by atoms with van der Waals surface area (Å²) in [7, 11) is 1.75. The van der Waals surface area contributed by atoms with Crippen LogP contribution >= 0.6 is 11.3 Å². The van der Waals surface area contributed by atoms with Gasteiger partial charge in [0.2, 0.25) is 23.6 Å². The van der Waals surface area contributed by atoms with E-state index in [0.717, 1.165) is 50.4 Å². The van der Waals surface area contributed by atoms with Crippen LogP contribution in [0.3, 0.4) is 0 Å². The van der Waals surface area contributed by atoms with Gasteiger partial charge in [0.15, 0.2) is 0 Å². The van der Waals surface area contributed by atoms with Crippen LogP contribution in [0.2, 0.25) is 0 Å². The minimum atomic E-state index is -0.943. The molecular formula is C57H68N8O7S. The van der Waals surface area contributed by atoms with Crippen LogP contribution in [0.15, 0.2) is 115 Å². The number of β-amino-alcohol motifs (C(OH)–C–C–N with tert-alkyl or cyclic N) is 1. The van der Waals surface area contributed by atoms with Crippen LogP contribution in [-0.4, -0.2) is 109 Å². The van der Waals surface area contributed by atoms with Crippen LogP contribution in [0, 0.1) is 12.3 Å². The highest BCUT2D eigenvalue weighted by molar-refractivity contribution is 7.13. The molecule has 73 heavy (non-hydrogen) atoms. The second kappa shape index (κ2) is 24.5. The molecule has 1 saturated heterocycles. The molecule has 0 saturated carbocycles. The van der Waals surface area contributed by atoms with Crippen LogP contribution in [0.4, 0.5) is 0 Å². The number of carbonyl (C=O) groups excluding carboxylic acids is 4. The minimum Gasteiger partial charge on any atom is -0.508 e. The number of ether oxygens (including phenoxy) is 1. The van der Waals surface area contributed by atoms with Crippen molar-refractivity contribution in [2.45, 2.75) is 111 Å². The lowest BCUT2D eigenvalue weighted by Crippen LogP contribution is -2.57. The Morgan fingerprint density at radius 3 is 2.23 bits per heavy atom. The molecule has 4 N–H and O–H groups in total. The predicted molar refractivity (Wildman–Crippen MR) is 284 cm³/mol. The number of nitrogens with zero attached hydrogens (tertiary/aromatic N) is 6. The Bertz CT molecular complexity index is 2840. The first kappa shape index (κ1) is 53.6. The highest BCUT2D eigenvalue weighted by atomic mass is 32.1. The summed E-state index contributed by atoms with van der Waals surface area (Å²) in [5.41, 5.74) is 10.1. The number of rotatable bonds is 21. The number of amides is 4. The van der Waals surface area contributed by atoms with Crippen molar-refractivity contribution in [3.63, 3.8) is 0 Å². The maximum atomic E-state index is 14.2. The molecule has 0 aliphatic carbocycles. The summed E-state index contributed by atoms with van der Waals surface area (Å²) in [4.78, 5) is 62.8. The van der Waals surface area contributed by atoms with Crippen LogP contribution in [0.1, 0.15) is 106 Å². The van der Waals surface area contributed by atoms with Crippen molar-refractivity contribution >= 4 is 46.1 Å². The molecule has 16 heteroatoms. The quantitative estimate of drug-likeness (QED) is 0.0509. The van der Waals surface area contributed by atoms with E-state index in [4.69, 9.17) is 4.74 Å². The average Bonchev–Trinajstić information content (AvgIpc) is 4.14. The van der Waals surface area contributed by atoms with Gasteiger partial charge in [-0.15, -0.1) is 16.4 Å². The zero-order valence-electron chi connectivity index (χ0n) is 42.9. The summed E-state index contributed by atoms with van der Waals surface area (Å²) in [5.74, 6) is -0.270. The van der Waals surface area contributed by atoms with E-state index in [9.17, 15) is 29.4 Å². The number of nitrogens with one attached hydrogen (secondary N) is 2. The standard InChI is InChI=1S/C57H68N8O7S/c1-8-48(40-13-10-9-11-14-40)52(41-20-25-45(66)26-21-41)42-22-27-47(28-23-42)72-32-31-63(7)51(69)29-24-44-34-64(62-61-44)30-12-15-50(68)60-54(57(4,5)6)56(71)65-35-46(67)33-49(65)55(70)59-37(2)39-16-18-43(19-17-39)53-38(3)58-36-73-53/h9-11,13-14,16-23,25-28,34,36-37,46,49,54,66-67H,8,12,15,24,29-33,35H2,1-7H3,(H,59,70)(H,60,68)/b52-48+/t37-,46+,49-,54+/m0/s1. The van der Waals surface area contributed by atoms with Crippen LogP contribution in [-0.2, 0) is 32.1 Å². The lowest BCUT2D eigenvalue weighted by molar-refractivity contribution is -0.144. The number of benzene rings is 4. The van der Waals surface area contributed by atoms with Crippen molar-refractivity contribution in [3.05, 3.63) is 148 Å². The first-order chi connectivity index (χ1) is 35.0. The second-order valence-electron chi connectivity index (χ2n) is 19.8. The number of phenols is 1. The van der Waals surface area contributed by atoms with Crippen LogP contribution in [0.25, 0.3) is 21.6 Å². The molecule has 4 aromatic carbocycles. The number of aryl methyl sites for hydroxylation is 3. The van der Waals surface area contributed by atoms with Crippen LogP contribution in [0.5, 0.6) is 11.5 Å². The van der Waals surface area contributed by atoms with Crippen molar-refractivity contribution < 1.29 is 34.1 Å². The summed E-state index contributed by atoms with van der Waals surface area (Å²) < 4.78 is 7.70. The number of aromatic nitrogens is 4. The number of phenolic OH excluding ortho intramolecular Hbond substituents is 1. The number of aromatic hydroxyl groups is 1. The Labute approximate surface area is 432 Å². The van der Waals surface area contributed by atoms with Gasteiger partial charge in [0, 0.05) is 52.0 Å². The minimum absolute atomic E-state index is 0.0169. The number of hydrogen-bond acceptors (Lipinski definition) is 11. The van der Waals surface area contributed by atoms with E-state index in [0.29, 0.717) is 44.0 Å². The Morgan fingerprint density at radius 1 is 0.904 bits per heavy atom. The Morgan fingerprint density at radius 2 is 1.59 bits per heavy atom. The second-order valence-corrected chi connectivity index (χ2v) is 20.6. The normalized spacial score (nSPS) is 15.8. The van der Waals surface area contributed by atoms with E-state index in [-0.39, 0.29) is 55.3 Å². The van der Waals surface area contributed by atoms with Gasteiger partial charge in [-0.25, -0.2) is 4.98 Å². The topological polar surface area (TPSA) is 192 Å². The average molecular weight is 1010 g/mol. The Balaban J connectivity index is 0.843. The zero-order chi connectivity index (χ0) is 52.2. The van der Waals surface area contributed by atoms with E-state index in [1.165, 1.54) is 10.5 Å². The van der Waals surface area contributed by atoms with Crippen LogP contribution < -0.4 is 15.4 Å². The van der Waals surface area contributed by atoms with E-state index in [1.807, 2.05) is 119 Å². The number of aliphatic hydroxyl groups is 1. The van der Waals surface area contributed by atoms with Gasteiger partial charge in [-0.05, 0) is 95.3 Å². The lowest BCUT2D eigenvalue weighted by atomic mass is 9.85. The molecule has 1 aliphatic rings. The number of allylic oxidation sites excluding steroid dienone is 1. The Kier molecular flexibility index (Phi) is 18.0. The number of likely N-dealkylation sites (tertiary alicyclic amines) is 1. The fourth-order valence-electron chi connectivity index (χ4n) is 9.09. The number of aliphatic hydroxyl groups excluding tert-OH is 1. The molecule has 0 unspecified atom stereocenters. The summed E-state index contributed by atoms with van der Waals surface area (Å²) in [6.07, 6.45) is 2.96. The van der Waals surface area contributed by atoms with Crippen molar-refractivity contribution in [1.29, 1.82) is 0 Å². The zero-order valence-corrected chi connectivity index (χ0v) is 43.7. The van der Waals surface area contributed by atoms with E-state index in [2.05, 4.69) is 45.0 Å². The lowest BCUT2D eigenvalue weighted by Gasteiger charge is -2.35. The molecule has 2 aromatic heterocycles. The van der Waals surface area contributed by atoms with Gasteiger partial charge in [-0.3, -0.25) is 23.9 Å². The van der Waals surface area contributed by atoms with E-state index < -0.39 is 29.5 Å². The fourth-order valence-corrected chi connectivity index (χ4v) is 9.90. The summed E-state index contributed by atoms with van der Waals surface area (Å²) in [5, 5.41) is 35.1. The highest BCUT2D eigenvalue weighted by Crippen LogP contribution is 2.36. The number of likely N-dealkylation sites (N-methyl/N-ethyl adjacent to an activating group) is 1. The highest BCUT2D eigenvalue weighted by Gasteiger charge is 2.44. The molecule has 384 valence electrons. The molecule has 0 radical (unpaired) electrons. The van der Waals surface area contributed by atoms with Gasteiger partial charge in [-0.1, -0.05) is 112 Å². The molecule has 15 nitrogen and oxygen atoms in total. The summed E-state index contributed by atoms with van der Waals surface area (Å²) >= 11 is 1.57. The third kappa shape index (κ3) is 14.1. The first-order valence-corrected chi connectivity index (χ1v) is 25.9. The monoisotopic (exact) mass is 1010 g/mol. The number of thiazole rings is 1. The van der Waals surface area contributed by atoms with E-state index >= 15 is 0 Å². The molecule has 7 rings (SSSR count). The van der Waals surface area contributed by atoms with Gasteiger partial charge in [0.05, 0.1) is 40.5 Å². The molecule has 6 aromatic rings. The van der Waals surface area contributed by atoms with Crippen molar-refractivity contribution in [3.8, 4) is 21.9 Å². The molecule has 1 aliphatic heterocycles. The van der Waals surface area contributed by atoms with Gasteiger partial charge >= 0.3 is 0 Å². The van der Waals surface area contributed by atoms with Gasteiger partial charge in [0.25, 0.3) is 0 Å². The van der Waals surface area contributed by atoms with Crippen molar-refractivity contribution in [2.24, 2.45) is 5.41 Å². The van der Waals surface area contributed by atoms with Crippen molar-refractivity contribution in [2.75, 3.05) is 26.7 Å². The number of hydrogen-bond donors (Lipinski definition) is 4. The van der Waals surface area contributed by atoms with E-state index in [1.54, 1.807) is 46.3 Å². The third-order valence-corrected chi connectivity index (χ3v) is 14.2. The number of carbonyl (C=O) groups is 4. The fraction of sp³-hybridized carbons (Fsp3) is 0.386. The summed E-state index contributed by atoms with van der Waals surface area (Å²) in [6.45, 7) is 12.6. The van der Waals surface area contributed by atoms with Gasteiger partial charge in [0.1, 0.15) is 30.2 Å². The maximum Gasteiger partial charge on any atom is 0.246 e. The molecular weight excluding hydrogens is 941 g/mol. The van der Waals surface area contributed by atoms with Gasteiger partial charge < -0.3 is 35.4 Å². The predicted octanol–water partition coefficient (Wildman–Crippen LogP) is 8.41. The molecule has 0 spiro atoms. The largest absolute Gasteiger partial charge is 0.508 e. The Hall–Kier alpha value is -7.17. The molecule has 3 heterocycles.